The van der Waals surface area contributed by atoms with Crippen molar-refractivity contribution in [2.75, 3.05) is 0 Å². The molecule has 1 nitrogen and oxygen atoms in total. The molecule has 0 aromatic heterocycles. The lowest BCUT2D eigenvalue weighted by atomic mass is 10.1. The van der Waals surface area contributed by atoms with Crippen LogP contribution in [0.25, 0.3) is 6.08 Å². The smallest absolute Gasteiger partial charge is 0.158 e. The van der Waals surface area contributed by atoms with Crippen LogP contribution >= 0.6 is 0 Å². The molecule has 2 aromatic carbocycles. The Morgan fingerprint density at radius 1 is 0.889 bits per heavy atom. The molecule has 0 aliphatic rings. The van der Waals surface area contributed by atoms with Crippen molar-refractivity contribution in [3.8, 4) is 11.8 Å². The summed E-state index contributed by atoms with van der Waals surface area (Å²) in [6, 6.07) is 19.3. The monoisotopic (exact) mass is 232 g/mol. The molecule has 0 aliphatic heterocycles. The third kappa shape index (κ3) is 3.47. The molecule has 0 bridgehead atoms. The third-order valence-electron chi connectivity index (χ3n) is 2.37. The van der Waals surface area contributed by atoms with Crippen LogP contribution in [0.3, 0.4) is 0 Å². The second-order valence-corrected chi connectivity index (χ2v) is 3.74. The van der Waals surface area contributed by atoms with Crippen molar-refractivity contribution in [2.24, 2.45) is 0 Å². The number of allylic oxidation sites excluding steroid dienone is 1. The number of carbonyl (C=O) groups excluding carboxylic acids is 1. The fourth-order valence-electron chi connectivity index (χ4n) is 1.49. The molecule has 0 amide bonds. The van der Waals surface area contributed by atoms with Crippen LogP contribution in [0.1, 0.15) is 11.1 Å². The van der Waals surface area contributed by atoms with E-state index in [2.05, 4.69) is 11.8 Å². The molecule has 0 spiro atoms. The number of benzene rings is 2. The third-order valence-corrected chi connectivity index (χ3v) is 2.37. The fraction of sp³-hybridized carbons (Fsp3) is 0. The first-order valence-electron chi connectivity index (χ1n) is 5.67. The van der Waals surface area contributed by atoms with Crippen LogP contribution in [0.5, 0.6) is 0 Å². The quantitative estimate of drug-likeness (QED) is 0.441. The van der Waals surface area contributed by atoms with E-state index in [0.29, 0.717) is 5.57 Å². The van der Waals surface area contributed by atoms with Gasteiger partial charge in [-0.25, -0.2) is 0 Å². The summed E-state index contributed by atoms with van der Waals surface area (Å²) in [6.45, 7) is 0. The molecule has 0 saturated carbocycles. The molecule has 0 saturated heterocycles. The average molecular weight is 232 g/mol. The lowest BCUT2D eigenvalue weighted by molar-refractivity contribution is -0.104. The molecule has 1 heteroatoms. The molecule has 0 aliphatic carbocycles. The van der Waals surface area contributed by atoms with Crippen LogP contribution in [0.4, 0.5) is 0 Å². The van der Waals surface area contributed by atoms with E-state index in [-0.39, 0.29) is 0 Å². The van der Waals surface area contributed by atoms with Gasteiger partial charge in [0.1, 0.15) is 0 Å². The normalized spacial score (nSPS) is 10.3. The number of hydrogen-bond donors (Lipinski definition) is 0. The summed E-state index contributed by atoms with van der Waals surface area (Å²) >= 11 is 0. The molecule has 2 rings (SSSR count). The van der Waals surface area contributed by atoms with Gasteiger partial charge in [0, 0.05) is 5.56 Å². The van der Waals surface area contributed by atoms with Gasteiger partial charge in [0.15, 0.2) is 6.29 Å². The summed E-state index contributed by atoms with van der Waals surface area (Å²) in [5.74, 6) is 5.84. The SMILES string of the molecule is O=C/C(C#Cc1ccccc1)=C/c1ccccc1. The number of aldehydes is 1. The molecule has 0 atom stereocenters. The molecule has 0 N–H and O–H groups in total. The van der Waals surface area contributed by atoms with E-state index in [1.54, 1.807) is 6.08 Å². The molecular formula is C17H12O. The van der Waals surface area contributed by atoms with Crippen LogP contribution in [0.2, 0.25) is 0 Å². The predicted octanol–water partition coefficient (Wildman–Crippen LogP) is 3.32. The highest BCUT2D eigenvalue weighted by Gasteiger charge is 1.91. The zero-order valence-electron chi connectivity index (χ0n) is 9.84. The predicted molar refractivity (Wildman–Crippen MR) is 73.8 cm³/mol. The summed E-state index contributed by atoms with van der Waals surface area (Å²) < 4.78 is 0. The molecule has 2 aromatic rings. The first-order chi connectivity index (χ1) is 8.88. The number of carbonyl (C=O) groups is 1. The van der Waals surface area contributed by atoms with Crippen molar-refractivity contribution in [3.63, 3.8) is 0 Å². The van der Waals surface area contributed by atoms with Gasteiger partial charge in [-0.1, -0.05) is 60.4 Å². The maximum atomic E-state index is 11.0. The molecule has 0 unspecified atom stereocenters. The lowest BCUT2D eigenvalue weighted by Crippen LogP contribution is -1.81. The maximum Gasteiger partial charge on any atom is 0.158 e. The Bertz CT molecular complexity index is 598. The van der Waals surface area contributed by atoms with Gasteiger partial charge in [0.2, 0.25) is 0 Å². The standard InChI is InChI=1S/C17H12O/c18-14-17(13-16-9-5-2-6-10-16)12-11-15-7-3-1-4-8-15/h1-10,13-14H/b17-13+. The van der Waals surface area contributed by atoms with Crippen molar-refractivity contribution in [1.29, 1.82) is 0 Å². The minimum Gasteiger partial charge on any atom is -0.297 e. The van der Waals surface area contributed by atoms with Crippen LogP contribution in [-0.2, 0) is 4.79 Å². The molecular weight excluding hydrogens is 220 g/mol. The Morgan fingerprint density at radius 3 is 2.11 bits per heavy atom. The van der Waals surface area contributed by atoms with E-state index in [0.717, 1.165) is 17.4 Å². The molecule has 0 heterocycles. The van der Waals surface area contributed by atoms with E-state index in [9.17, 15) is 4.79 Å². The summed E-state index contributed by atoms with van der Waals surface area (Å²) in [6.07, 6.45) is 2.56. The fourth-order valence-corrected chi connectivity index (χ4v) is 1.49. The summed E-state index contributed by atoms with van der Waals surface area (Å²) in [7, 11) is 0. The average Bonchev–Trinajstić information content (AvgIpc) is 2.45. The second kappa shape index (κ2) is 6.22. The Labute approximate surface area is 107 Å². The van der Waals surface area contributed by atoms with Crippen LogP contribution in [0.15, 0.2) is 66.2 Å². The topological polar surface area (TPSA) is 17.1 Å². The van der Waals surface area contributed by atoms with Gasteiger partial charge >= 0.3 is 0 Å². The summed E-state index contributed by atoms with van der Waals surface area (Å²) in [5, 5.41) is 0. The second-order valence-electron chi connectivity index (χ2n) is 3.74. The first-order valence-corrected chi connectivity index (χ1v) is 5.67. The zero-order valence-corrected chi connectivity index (χ0v) is 9.84. The van der Waals surface area contributed by atoms with E-state index in [1.807, 2.05) is 60.7 Å². The van der Waals surface area contributed by atoms with Crippen LogP contribution in [-0.4, -0.2) is 6.29 Å². The maximum absolute atomic E-state index is 11.0. The molecule has 18 heavy (non-hydrogen) atoms. The van der Waals surface area contributed by atoms with Gasteiger partial charge in [-0.3, -0.25) is 4.79 Å². The van der Waals surface area contributed by atoms with Crippen LogP contribution in [0, 0.1) is 11.8 Å². The zero-order chi connectivity index (χ0) is 12.6. The highest BCUT2D eigenvalue weighted by atomic mass is 16.1. The summed E-state index contributed by atoms with van der Waals surface area (Å²) in [4.78, 5) is 11.0. The minimum atomic E-state index is 0.477. The first kappa shape index (κ1) is 11.9. The van der Waals surface area contributed by atoms with Gasteiger partial charge in [0.05, 0.1) is 5.57 Å². The highest BCUT2D eigenvalue weighted by Crippen LogP contribution is 2.04. The Hall–Kier alpha value is -2.59. The van der Waals surface area contributed by atoms with Gasteiger partial charge in [0.25, 0.3) is 0 Å². The minimum absolute atomic E-state index is 0.477. The Morgan fingerprint density at radius 2 is 1.50 bits per heavy atom. The van der Waals surface area contributed by atoms with Gasteiger partial charge in [-0.15, -0.1) is 0 Å². The van der Waals surface area contributed by atoms with Gasteiger partial charge in [-0.05, 0) is 23.8 Å². The van der Waals surface area contributed by atoms with Crippen molar-refractivity contribution in [2.45, 2.75) is 0 Å². The highest BCUT2D eigenvalue weighted by molar-refractivity contribution is 5.88. The molecule has 86 valence electrons. The summed E-state index contributed by atoms with van der Waals surface area (Å²) in [5.41, 5.74) is 2.35. The van der Waals surface area contributed by atoms with E-state index in [1.165, 1.54) is 0 Å². The van der Waals surface area contributed by atoms with Crippen molar-refractivity contribution < 1.29 is 4.79 Å². The van der Waals surface area contributed by atoms with E-state index < -0.39 is 0 Å². The molecule has 0 fully saturated rings. The van der Waals surface area contributed by atoms with E-state index >= 15 is 0 Å². The van der Waals surface area contributed by atoms with Crippen molar-refractivity contribution in [1.82, 2.24) is 0 Å². The number of rotatable bonds is 2. The largest absolute Gasteiger partial charge is 0.297 e. The van der Waals surface area contributed by atoms with Crippen LogP contribution < -0.4 is 0 Å². The number of hydrogen-bond acceptors (Lipinski definition) is 1. The van der Waals surface area contributed by atoms with Crippen molar-refractivity contribution >= 4 is 12.4 Å². The van der Waals surface area contributed by atoms with Crippen molar-refractivity contribution in [3.05, 3.63) is 77.4 Å². The lowest BCUT2D eigenvalue weighted by Gasteiger charge is -1.92. The molecule has 0 radical (unpaired) electrons. The van der Waals surface area contributed by atoms with Gasteiger partial charge < -0.3 is 0 Å². The van der Waals surface area contributed by atoms with E-state index in [4.69, 9.17) is 0 Å². The van der Waals surface area contributed by atoms with Gasteiger partial charge in [-0.2, -0.15) is 0 Å². The Kier molecular flexibility index (Phi) is 4.11. The Balaban J connectivity index is 2.24.